The molecule has 0 radical (unpaired) electrons. The average Bonchev–Trinajstić information content (AvgIpc) is 2.33. The van der Waals surface area contributed by atoms with E-state index in [0.717, 1.165) is 11.3 Å². The van der Waals surface area contributed by atoms with Gasteiger partial charge in [0.2, 0.25) is 0 Å². The molecule has 0 amide bonds. The first kappa shape index (κ1) is 17.7. The lowest BCUT2D eigenvalue weighted by Gasteiger charge is -2.27. The minimum atomic E-state index is -0.0164. The molecule has 118 valence electrons. The average molecular weight is 290 g/mol. The predicted octanol–water partition coefficient (Wildman–Crippen LogP) is 4.89. The second-order valence-corrected chi connectivity index (χ2v) is 8.12. The zero-order valence-electron chi connectivity index (χ0n) is 14.8. The molecule has 0 fully saturated rings. The smallest absolute Gasteiger partial charge is 0.172 e. The van der Waals surface area contributed by atoms with Crippen LogP contribution < -0.4 is 4.74 Å². The quantitative estimate of drug-likeness (QED) is 0.789. The van der Waals surface area contributed by atoms with E-state index >= 15 is 0 Å². The number of benzene rings is 1. The van der Waals surface area contributed by atoms with Crippen LogP contribution in [0.15, 0.2) is 18.2 Å². The van der Waals surface area contributed by atoms with E-state index in [1.807, 2.05) is 19.9 Å². The van der Waals surface area contributed by atoms with Crippen molar-refractivity contribution in [2.75, 3.05) is 6.61 Å². The zero-order chi connectivity index (χ0) is 16.4. The Kier molecular flexibility index (Phi) is 5.25. The highest BCUT2D eigenvalue weighted by Gasteiger charge is 2.23. The fourth-order valence-corrected chi connectivity index (χ4v) is 2.02. The summed E-state index contributed by atoms with van der Waals surface area (Å²) in [5, 5.41) is 0. The highest BCUT2D eigenvalue weighted by Crippen LogP contribution is 2.35. The SMILES string of the molecule is CC(C)C(=O)COc1ccc(C(C)(C)C)cc1C(C)(C)C. The molecule has 2 heteroatoms. The summed E-state index contributed by atoms with van der Waals surface area (Å²) >= 11 is 0. The molecule has 0 aliphatic carbocycles. The summed E-state index contributed by atoms with van der Waals surface area (Å²) in [5.74, 6) is 0.969. The monoisotopic (exact) mass is 290 g/mol. The molecule has 1 aromatic rings. The van der Waals surface area contributed by atoms with E-state index in [1.165, 1.54) is 5.56 Å². The normalized spacial score (nSPS) is 12.6. The van der Waals surface area contributed by atoms with Crippen molar-refractivity contribution in [1.29, 1.82) is 0 Å². The number of rotatable bonds is 4. The Morgan fingerprint density at radius 1 is 1.05 bits per heavy atom. The van der Waals surface area contributed by atoms with E-state index in [0.29, 0.717) is 0 Å². The molecule has 1 rings (SSSR count). The van der Waals surface area contributed by atoms with E-state index < -0.39 is 0 Å². The van der Waals surface area contributed by atoms with Crippen LogP contribution in [-0.4, -0.2) is 12.4 Å². The molecule has 0 unspecified atom stereocenters. The maximum absolute atomic E-state index is 11.8. The van der Waals surface area contributed by atoms with Crippen LogP contribution in [0.1, 0.15) is 66.5 Å². The van der Waals surface area contributed by atoms with Crippen molar-refractivity contribution in [3.63, 3.8) is 0 Å². The third-order valence-corrected chi connectivity index (χ3v) is 3.67. The lowest BCUT2D eigenvalue weighted by molar-refractivity contribution is -0.123. The second-order valence-electron chi connectivity index (χ2n) is 8.12. The molecule has 0 saturated carbocycles. The molecule has 0 saturated heterocycles. The van der Waals surface area contributed by atoms with E-state index in [-0.39, 0.29) is 29.1 Å². The minimum Gasteiger partial charge on any atom is -0.486 e. The largest absolute Gasteiger partial charge is 0.486 e. The molecule has 0 aromatic heterocycles. The standard InChI is InChI=1S/C19H30O2/c1-13(2)16(20)12-21-17-10-9-14(18(3,4)5)11-15(17)19(6,7)8/h9-11,13H,12H2,1-8H3. The highest BCUT2D eigenvalue weighted by molar-refractivity contribution is 5.81. The van der Waals surface area contributed by atoms with Gasteiger partial charge in [0.05, 0.1) is 0 Å². The molecule has 1 aromatic carbocycles. The molecule has 0 aliphatic rings. The fraction of sp³-hybridized carbons (Fsp3) is 0.632. The summed E-state index contributed by atoms with van der Waals surface area (Å²) < 4.78 is 5.80. The first-order valence-corrected chi connectivity index (χ1v) is 7.73. The van der Waals surface area contributed by atoms with E-state index in [1.54, 1.807) is 0 Å². The maximum Gasteiger partial charge on any atom is 0.172 e. The van der Waals surface area contributed by atoms with Crippen LogP contribution in [-0.2, 0) is 15.6 Å². The predicted molar refractivity (Wildman–Crippen MR) is 89.2 cm³/mol. The Bertz CT molecular complexity index is 499. The van der Waals surface area contributed by atoms with E-state index in [2.05, 4.69) is 53.7 Å². The van der Waals surface area contributed by atoms with Crippen LogP contribution in [0, 0.1) is 5.92 Å². The molecule has 0 N–H and O–H groups in total. The topological polar surface area (TPSA) is 26.3 Å². The summed E-state index contributed by atoms with van der Waals surface area (Å²) in [6.45, 7) is 17.1. The van der Waals surface area contributed by atoms with Gasteiger partial charge in [-0.2, -0.15) is 0 Å². The number of carbonyl (C=O) groups excluding carboxylic acids is 1. The van der Waals surface area contributed by atoms with Crippen LogP contribution in [0.3, 0.4) is 0 Å². The molecule has 2 nitrogen and oxygen atoms in total. The number of ketones is 1. The molecule has 0 bridgehead atoms. The van der Waals surface area contributed by atoms with Gasteiger partial charge < -0.3 is 4.74 Å². The van der Waals surface area contributed by atoms with Gasteiger partial charge in [-0.1, -0.05) is 67.5 Å². The Morgan fingerprint density at radius 3 is 2.05 bits per heavy atom. The molecule has 21 heavy (non-hydrogen) atoms. The molecule has 0 aliphatic heterocycles. The van der Waals surface area contributed by atoms with Gasteiger partial charge in [0.1, 0.15) is 12.4 Å². The van der Waals surface area contributed by atoms with Crippen molar-refractivity contribution in [3.8, 4) is 5.75 Å². The van der Waals surface area contributed by atoms with Crippen molar-refractivity contribution in [3.05, 3.63) is 29.3 Å². The lowest BCUT2D eigenvalue weighted by atomic mass is 9.80. The molecule has 0 atom stereocenters. The van der Waals surface area contributed by atoms with Crippen molar-refractivity contribution in [2.45, 2.75) is 66.2 Å². The van der Waals surface area contributed by atoms with Crippen LogP contribution in [0.4, 0.5) is 0 Å². The van der Waals surface area contributed by atoms with Gasteiger partial charge in [0, 0.05) is 5.92 Å². The fourth-order valence-electron chi connectivity index (χ4n) is 2.02. The molecule has 0 heterocycles. The summed E-state index contributed by atoms with van der Waals surface area (Å²) in [4.78, 5) is 11.8. The van der Waals surface area contributed by atoms with Crippen LogP contribution in [0.5, 0.6) is 5.75 Å². The molecular formula is C19H30O2. The van der Waals surface area contributed by atoms with Gasteiger partial charge in [-0.3, -0.25) is 4.79 Å². The lowest BCUT2D eigenvalue weighted by Crippen LogP contribution is -2.21. The van der Waals surface area contributed by atoms with Gasteiger partial charge in [-0.25, -0.2) is 0 Å². The van der Waals surface area contributed by atoms with Crippen LogP contribution in [0.2, 0.25) is 0 Å². The number of ether oxygens (including phenoxy) is 1. The summed E-state index contributed by atoms with van der Waals surface area (Å²) in [7, 11) is 0. The van der Waals surface area contributed by atoms with Crippen LogP contribution in [0.25, 0.3) is 0 Å². The van der Waals surface area contributed by atoms with Crippen LogP contribution >= 0.6 is 0 Å². The Hall–Kier alpha value is -1.31. The summed E-state index contributed by atoms with van der Waals surface area (Å²) in [6, 6.07) is 6.33. The van der Waals surface area contributed by atoms with Crippen molar-refractivity contribution in [1.82, 2.24) is 0 Å². The van der Waals surface area contributed by atoms with Gasteiger partial charge in [0.15, 0.2) is 5.78 Å². The molecular weight excluding hydrogens is 260 g/mol. The Balaban J connectivity index is 3.12. The van der Waals surface area contributed by atoms with Gasteiger partial charge in [-0.05, 0) is 28.0 Å². The van der Waals surface area contributed by atoms with Crippen molar-refractivity contribution >= 4 is 5.78 Å². The summed E-state index contributed by atoms with van der Waals surface area (Å²) in [6.07, 6.45) is 0. The number of Topliss-reactive ketones (excluding diaryl/α,β-unsaturated/α-hetero) is 1. The summed E-state index contributed by atoms with van der Waals surface area (Å²) in [5.41, 5.74) is 2.53. The minimum absolute atomic E-state index is 0.0111. The molecule has 0 spiro atoms. The zero-order valence-corrected chi connectivity index (χ0v) is 14.8. The van der Waals surface area contributed by atoms with Gasteiger partial charge >= 0.3 is 0 Å². The van der Waals surface area contributed by atoms with E-state index in [4.69, 9.17) is 4.74 Å². The third kappa shape index (κ3) is 4.87. The third-order valence-electron chi connectivity index (χ3n) is 3.67. The van der Waals surface area contributed by atoms with E-state index in [9.17, 15) is 4.79 Å². The first-order valence-electron chi connectivity index (χ1n) is 7.73. The van der Waals surface area contributed by atoms with Gasteiger partial charge in [0.25, 0.3) is 0 Å². The Labute approximate surface area is 129 Å². The first-order chi connectivity index (χ1) is 9.43. The van der Waals surface area contributed by atoms with Crippen molar-refractivity contribution < 1.29 is 9.53 Å². The number of hydrogen-bond acceptors (Lipinski definition) is 2. The number of carbonyl (C=O) groups is 1. The number of hydrogen-bond donors (Lipinski definition) is 0. The second kappa shape index (κ2) is 6.21. The Morgan fingerprint density at radius 2 is 1.62 bits per heavy atom. The van der Waals surface area contributed by atoms with Gasteiger partial charge in [-0.15, -0.1) is 0 Å². The maximum atomic E-state index is 11.8. The highest BCUT2D eigenvalue weighted by atomic mass is 16.5. The van der Waals surface area contributed by atoms with Crippen molar-refractivity contribution in [2.24, 2.45) is 5.92 Å².